The zero-order valence-corrected chi connectivity index (χ0v) is 18.3. The van der Waals surface area contributed by atoms with Gasteiger partial charge in [0.15, 0.2) is 5.92 Å². The average Bonchev–Trinajstić information content (AvgIpc) is 3.13. The lowest BCUT2D eigenvalue weighted by atomic mass is 9.91. The Labute approximate surface area is 179 Å². The molecule has 0 saturated carbocycles. The molecule has 0 bridgehead atoms. The molecule has 0 spiro atoms. The molecule has 1 aliphatic carbocycles. The van der Waals surface area contributed by atoms with Crippen molar-refractivity contribution in [2.45, 2.75) is 39.5 Å². The maximum Gasteiger partial charge on any atom is 0.320 e. The Bertz CT molecular complexity index is 901. The van der Waals surface area contributed by atoms with E-state index in [1.54, 1.807) is 13.8 Å². The van der Waals surface area contributed by atoms with E-state index in [9.17, 15) is 9.59 Å². The van der Waals surface area contributed by atoms with Crippen molar-refractivity contribution < 1.29 is 19.1 Å². The summed E-state index contributed by atoms with van der Waals surface area (Å²) >= 11 is 3.51. The molecular weight excluding hydrogens is 436 g/mol. The van der Waals surface area contributed by atoms with Crippen LogP contribution >= 0.6 is 15.9 Å². The van der Waals surface area contributed by atoms with Crippen LogP contribution in [0.2, 0.25) is 0 Å². The number of esters is 2. The largest absolute Gasteiger partial charge is 0.465 e. The maximum absolute atomic E-state index is 12.3. The molecule has 2 aromatic rings. The van der Waals surface area contributed by atoms with E-state index in [1.807, 2.05) is 41.2 Å². The summed E-state index contributed by atoms with van der Waals surface area (Å²) in [7, 11) is 0. The van der Waals surface area contributed by atoms with Crippen molar-refractivity contribution in [3.8, 4) is 5.69 Å². The van der Waals surface area contributed by atoms with Gasteiger partial charge in [-0.2, -0.15) is 5.10 Å². The molecule has 0 saturated heterocycles. The molecule has 0 radical (unpaired) electrons. The normalized spacial score (nSPS) is 14.7. The summed E-state index contributed by atoms with van der Waals surface area (Å²) in [6, 6.07) is 7.96. The van der Waals surface area contributed by atoms with Gasteiger partial charge in [-0.1, -0.05) is 28.1 Å². The number of aryl methyl sites for hydroxylation is 1. The molecular formula is C22H25BrN2O4. The number of halogens is 1. The summed E-state index contributed by atoms with van der Waals surface area (Å²) in [6.45, 7) is 3.90. The zero-order chi connectivity index (χ0) is 20.8. The van der Waals surface area contributed by atoms with Crippen molar-refractivity contribution in [3.63, 3.8) is 0 Å². The summed E-state index contributed by atoms with van der Waals surface area (Å²) in [4.78, 5) is 24.6. The first kappa shape index (κ1) is 21.3. The van der Waals surface area contributed by atoms with Crippen molar-refractivity contribution in [1.82, 2.24) is 9.78 Å². The lowest BCUT2D eigenvalue weighted by molar-refractivity contribution is -0.161. The predicted molar refractivity (Wildman–Crippen MR) is 114 cm³/mol. The van der Waals surface area contributed by atoms with Gasteiger partial charge in [-0.05, 0) is 68.9 Å². The molecule has 6 nitrogen and oxygen atoms in total. The van der Waals surface area contributed by atoms with Gasteiger partial charge in [0.25, 0.3) is 0 Å². The topological polar surface area (TPSA) is 70.4 Å². The Morgan fingerprint density at radius 3 is 2.59 bits per heavy atom. The van der Waals surface area contributed by atoms with Crippen molar-refractivity contribution in [2.75, 3.05) is 13.2 Å². The molecule has 7 heteroatoms. The van der Waals surface area contributed by atoms with Crippen LogP contribution in [0.4, 0.5) is 0 Å². The Kier molecular flexibility index (Phi) is 7.25. The van der Waals surface area contributed by atoms with Crippen molar-refractivity contribution >= 4 is 33.4 Å². The minimum Gasteiger partial charge on any atom is -0.465 e. The number of hydrogen-bond donors (Lipinski definition) is 0. The van der Waals surface area contributed by atoms with E-state index >= 15 is 0 Å². The van der Waals surface area contributed by atoms with E-state index in [1.165, 1.54) is 5.56 Å². The molecule has 0 N–H and O–H groups in total. The summed E-state index contributed by atoms with van der Waals surface area (Å²) in [5.74, 6) is -2.03. The quantitative estimate of drug-likeness (QED) is 0.449. The highest BCUT2D eigenvalue weighted by Crippen LogP contribution is 2.33. The van der Waals surface area contributed by atoms with Crippen molar-refractivity contribution in [1.29, 1.82) is 0 Å². The van der Waals surface area contributed by atoms with Crippen LogP contribution in [-0.2, 0) is 25.5 Å². The average molecular weight is 461 g/mol. The number of aromatic nitrogens is 2. The Morgan fingerprint density at radius 1 is 1.21 bits per heavy atom. The number of nitrogens with zero attached hydrogens (tertiary/aromatic N) is 2. The summed E-state index contributed by atoms with van der Waals surface area (Å²) in [6.07, 6.45) is 6.94. The fourth-order valence-corrected chi connectivity index (χ4v) is 3.92. The molecule has 29 heavy (non-hydrogen) atoms. The SMILES string of the molecule is CCOC(=O)C(C/C=C1\CCCc2cnn(-c3cccc(Br)c3)c21)C(=O)OCC. The van der Waals surface area contributed by atoms with E-state index in [0.29, 0.717) is 0 Å². The molecule has 154 valence electrons. The number of allylic oxidation sites excluding steroid dienone is 2. The predicted octanol–water partition coefficient (Wildman–Crippen LogP) is 4.49. The Hall–Kier alpha value is -2.41. The van der Waals surface area contributed by atoms with E-state index in [4.69, 9.17) is 9.47 Å². The molecule has 1 aliphatic rings. The van der Waals surface area contributed by atoms with Gasteiger partial charge < -0.3 is 9.47 Å². The molecule has 1 aromatic heterocycles. The van der Waals surface area contributed by atoms with Crippen LogP contribution in [0.15, 0.2) is 41.0 Å². The van der Waals surface area contributed by atoms with Crippen LogP contribution in [0, 0.1) is 5.92 Å². The molecule has 0 amide bonds. The lowest BCUT2D eigenvalue weighted by Gasteiger charge is -2.19. The number of fused-ring (bicyclic) bond motifs is 1. The third-order valence-corrected chi connectivity index (χ3v) is 5.33. The number of benzene rings is 1. The molecule has 1 aromatic carbocycles. The van der Waals surface area contributed by atoms with Crippen LogP contribution in [-0.4, -0.2) is 34.9 Å². The number of carbonyl (C=O) groups is 2. The maximum atomic E-state index is 12.3. The van der Waals surface area contributed by atoms with Crippen LogP contribution < -0.4 is 0 Å². The first-order valence-corrected chi connectivity index (χ1v) is 10.7. The van der Waals surface area contributed by atoms with Crippen LogP contribution in [0.3, 0.4) is 0 Å². The van der Waals surface area contributed by atoms with Crippen molar-refractivity contribution in [2.24, 2.45) is 5.92 Å². The van der Waals surface area contributed by atoms with Crippen molar-refractivity contribution in [3.05, 3.63) is 52.3 Å². The van der Waals surface area contributed by atoms with E-state index in [-0.39, 0.29) is 19.6 Å². The molecule has 0 aliphatic heterocycles. The van der Waals surface area contributed by atoms with Gasteiger partial charge in [0.1, 0.15) is 0 Å². The summed E-state index contributed by atoms with van der Waals surface area (Å²) in [5.41, 5.74) is 4.26. The monoisotopic (exact) mass is 460 g/mol. The van der Waals surface area contributed by atoms with Gasteiger partial charge in [0, 0.05) is 4.47 Å². The first-order valence-electron chi connectivity index (χ1n) is 9.90. The Morgan fingerprint density at radius 2 is 1.93 bits per heavy atom. The van der Waals surface area contributed by atoms with Crippen LogP contribution in [0.25, 0.3) is 11.3 Å². The Balaban J connectivity index is 1.92. The minimum atomic E-state index is -0.949. The van der Waals surface area contributed by atoms with E-state index in [2.05, 4.69) is 21.0 Å². The highest BCUT2D eigenvalue weighted by Gasteiger charge is 2.29. The van der Waals surface area contributed by atoms with Gasteiger partial charge in [-0.3, -0.25) is 9.59 Å². The minimum absolute atomic E-state index is 0.227. The van der Waals surface area contributed by atoms with Crippen LogP contribution in [0.5, 0.6) is 0 Å². The van der Waals surface area contributed by atoms with E-state index < -0.39 is 17.9 Å². The van der Waals surface area contributed by atoms with Gasteiger partial charge in [-0.15, -0.1) is 0 Å². The number of ether oxygens (including phenoxy) is 2. The molecule has 1 heterocycles. The third kappa shape index (κ3) is 4.96. The van der Waals surface area contributed by atoms with Gasteiger partial charge in [0.05, 0.1) is 30.8 Å². The number of carbonyl (C=O) groups excluding carboxylic acids is 2. The zero-order valence-electron chi connectivity index (χ0n) is 16.7. The van der Waals surface area contributed by atoms with Gasteiger partial charge in [-0.25, -0.2) is 4.68 Å². The highest BCUT2D eigenvalue weighted by molar-refractivity contribution is 9.10. The van der Waals surface area contributed by atoms with Crippen LogP contribution in [0.1, 0.15) is 44.4 Å². The highest BCUT2D eigenvalue weighted by atomic mass is 79.9. The number of rotatable bonds is 7. The molecule has 0 fully saturated rings. The van der Waals surface area contributed by atoms with Gasteiger partial charge in [0.2, 0.25) is 0 Å². The van der Waals surface area contributed by atoms with Gasteiger partial charge >= 0.3 is 11.9 Å². The summed E-state index contributed by atoms with van der Waals surface area (Å²) < 4.78 is 13.1. The second-order valence-corrected chi connectivity index (χ2v) is 7.70. The summed E-state index contributed by atoms with van der Waals surface area (Å²) in [5, 5.41) is 4.59. The van der Waals surface area contributed by atoms with E-state index in [0.717, 1.165) is 40.7 Å². The first-order chi connectivity index (χ1) is 14.0. The lowest BCUT2D eigenvalue weighted by Crippen LogP contribution is -2.27. The second-order valence-electron chi connectivity index (χ2n) is 6.79. The smallest absolute Gasteiger partial charge is 0.320 e. The fraction of sp³-hybridized carbons (Fsp3) is 0.409. The fourth-order valence-electron chi connectivity index (χ4n) is 3.53. The third-order valence-electron chi connectivity index (χ3n) is 4.84. The molecule has 0 unspecified atom stereocenters. The molecule has 0 atom stereocenters. The standard InChI is InChI=1S/C22H25BrN2O4/c1-3-28-21(26)19(22(27)29-4-2)12-11-15-7-5-8-16-14-24-25(20(15)16)18-10-6-9-17(23)13-18/h6,9-11,13-14,19H,3-5,7-8,12H2,1-2H3/b15-11+. The molecule has 3 rings (SSSR count). The second kappa shape index (κ2) is 9.87. The number of hydrogen-bond acceptors (Lipinski definition) is 5.